The van der Waals surface area contributed by atoms with E-state index in [0.717, 1.165) is 16.7 Å². The molecule has 0 saturated carbocycles. The number of pyridine rings is 1. The summed E-state index contributed by atoms with van der Waals surface area (Å²) < 4.78 is 5.06. The quantitative estimate of drug-likeness (QED) is 0.784. The van der Waals surface area contributed by atoms with E-state index < -0.39 is 0 Å². The summed E-state index contributed by atoms with van der Waals surface area (Å²) in [6.45, 7) is 4.44. The minimum atomic E-state index is 0.518. The summed E-state index contributed by atoms with van der Waals surface area (Å²) in [4.78, 5) is 4.30. The number of rotatable bonds is 5. The SMILES string of the molecule is COc1nc(SCCC(C)C)ccc1N. The number of nitrogens with two attached hydrogens (primary N) is 1. The van der Waals surface area contributed by atoms with Gasteiger partial charge in [-0.15, -0.1) is 11.8 Å². The lowest BCUT2D eigenvalue weighted by molar-refractivity contribution is 0.397. The Morgan fingerprint density at radius 1 is 1.47 bits per heavy atom. The molecule has 1 heterocycles. The van der Waals surface area contributed by atoms with Crippen molar-refractivity contribution in [1.29, 1.82) is 0 Å². The highest BCUT2D eigenvalue weighted by Gasteiger charge is 2.03. The fraction of sp³-hybridized carbons (Fsp3) is 0.545. The molecule has 0 fully saturated rings. The maximum absolute atomic E-state index is 5.68. The van der Waals surface area contributed by atoms with Crippen molar-refractivity contribution in [1.82, 2.24) is 4.98 Å². The van der Waals surface area contributed by atoms with E-state index in [9.17, 15) is 0 Å². The minimum absolute atomic E-state index is 0.518. The van der Waals surface area contributed by atoms with Gasteiger partial charge in [0, 0.05) is 0 Å². The van der Waals surface area contributed by atoms with Gasteiger partial charge < -0.3 is 10.5 Å². The molecule has 2 N–H and O–H groups in total. The van der Waals surface area contributed by atoms with Crippen LogP contribution in [0.3, 0.4) is 0 Å². The van der Waals surface area contributed by atoms with E-state index in [2.05, 4.69) is 18.8 Å². The fourth-order valence-corrected chi connectivity index (χ4v) is 2.19. The van der Waals surface area contributed by atoms with Gasteiger partial charge in [-0.3, -0.25) is 0 Å². The summed E-state index contributed by atoms with van der Waals surface area (Å²) in [6.07, 6.45) is 1.19. The molecule has 3 nitrogen and oxygen atoms in total. The van der Waals surface area contributed by atoms with Crippen LogP contribution in [-0.2, 0) is 0 Å². The predicted molar refractivity (Wildman–Crippen MR) is 65.4 cm³/mol. The minimum Gasteiger partial charge on any atom is -0.480 e. The van der Waals surface area contributed by atoms with Gasteiger partial charge in [-0.25, -0.2) is 4.98 Å². The molecule has 15 heavy (non-hydrogen) atoms. The molecule has 0 aliphatic carbocycles. The lowest BCUT2D eigenvalue weighted by Gasteiger charge is -2.06. The Morgan fingerprint density at radius 2 is 2.20 bits per heavy atom. The summed E-state index contributed by atoms with van der Waals surface area (Å²) in [7, 11) is 1.58. The molecule has 1 aromatic heterocycles. The van der Waals surface area contributed by atoms with Crippen LogP contribution in [0.5, 0.6) is 5.88 Å². The second-order valence-electron chi connectivity index (χ2n) is 3.78. The first-order valence-corrected chi connectivity index (χ1v) is 6.05. The van der Waals surface area contributed by atoms with E-state index in [-0.39, 0.29) is 0 Å². The largest absolute Gasteiger partial charge is 0.480 e. The number of nitrogens with zero attached hydrogens (tertiary/aromatic N) is 1. The standard InChI is InChI=1S/C11H18N2OS/c1-8(2)6-7-15-10-5-4-9(12)11(13-10)14-3/h4-5,8H,6-7,12H2,1-3H3. The topological polar surface area (TPSA) is 48.1 Å². The molecule has 84 valence electrons. The molecule has 0 saturated heterocycles. The first-order valence-electron chi connectivity index (χ1n) is 5.06. The molecule has 0 aliphatic rings. The molecule has 1 aromatic rings. The van der Waals surface area contributed by atoms with Gasteiger partial charge in [0.25, 0.3) is 0 Å². The summed E-state index contributed by atoms with van der Waals surface area (Å²) >= 11 is 1.74. The third-order valence-corrected chi connectivity index (χ3v) is 2.97. The van der Waals surface area contributed by atoms with E-state index in [1.54, 1.807) is 18.9 Å². The normalized spacial score (nSPS) is 10.7. The van der Waals surface area contributed by atoms with Gasteiger partial charge in [0.1, 0.15) is 5.03 Å². The van der Waals surface area contributed by atoms with Crippen molar-refractivity contribution in [3.8, 4) is 5.88 Å². The zero-order valence-electron chi connectivity index (χ0n) is 9.49. The van der Waals surface area contributed by atoms with Gasteiger partial charge in [-0.05, 0) is 30.2 Å². The molecule has 0 amide bonds. The van der Waals surface area contributed by atoms with Crippen LogP contribution in [0, 0.1) is 5.92 Å². The van der Waals surface area contributed by atoms with E-state index in [4.69, 9.17) is 10.5 Å². The third kappa shape index (κ3) is 4.00. The summed E-state index contributed by atoms with van der Waals surface area (Å²) in [5.41, 5.74) is 6.27. The van der Waals surface area contributed by atoms with Crippen molar-refractivity contribution in [3.63, 3.8) is 0 Å². The first-order chi connectivity index (χ1) is 7.13. The number of thioether (sulfide) groups is 1. The van der Waals surface area contributed by atoms with Crippen molar-refractivity contribution >= 4 is 17.4 Å². The van der Waals surface area contributed by atoms with Crippen LogP contribution in [0.2, 0.25) is 0 Å². The fourth-order valence-electron chi connectivity index (χ4n) is 1.08. The Bertz CT molecular complexity index is 315. The molecular formula is C11H18N2OS. The zero-order valence-corrected chi connectivity index (χ0v) is 10.3. The summed E-state index contributed by atoms with van der Waals surface area (Å²) in [5, 5.41) is 0.974. The highest BCUT2D eigenvalue weighted by Crippen LogP contribution is 2.24. The highest BCUT2D eigenvalue weighted by atomic mass is 32.2. The summed E-state index contributed by atoms with van der Waals surface area (Å²) in [6, 6.07) is 3.77. The van der Waals surface area contributed by atoms with Gasteiger partial charge in [0.2, 0.25) is 5.88 Å². The number of ether oxygens (including phenoxy) is 1. The number of nitrogen functional groups attached to an aromatic ring is 1. The van der Waals surface area contributed by atoms with Crippen molar-refractivity contribution in [3.05, 3.63) is 12.1 Å². The van der Waals surface area contributed by atoms with Crippen molar-refractivity contribution in [2.24, 2.45) is 5.92 Å². The Hall–Kier alpha value is -0.900. The number of hydrogen-bond donors (Lipinski definition) is 1. The molecule has 0 radical (unpaired) electrons. The molecule has 4 heteroatoms. The smallest absolute Gasteiger partial charge is 0.237 e. The molecule has 0 bridgehead atoms. The average molecular weight is 226 g/mol. The summed E-state index contributed by atoms with van der Waals surface area (Å²) in [5.74, 6) is 2.33. The monoisotopic (exact) mass is 226 g/mol. The second kappa shape index (κ2) is 5.85. The Kier molecular flexibility index (Phi) is 4.75. The maximum atomic E-state index is 5.68. The van der Waals surface area contributed by atoms with Crippen molar-refractivity contribution < 1.29 is 4.74 Å². The Balaban J connectivity index is 2.54. The Morgan fingerprint density at radius 3 is 2.80 bits per heavy atom. The molecule has 0 aromatic carbocycles. The maximum Gasteiger partial charge on any atom is 0.237 e. The second-order valence-corrected chi connectivity index (χ2v) is 4.89. The van der Waals surface area contributed by atoms with Crippen LogP contribution >= 0.6 is 11.8 Å². The van der Waals surface area contributed by atoms with Gasteiger partial charge in [0.15, 0.2) is 0 Å². The Labute approximate surface area is 95.4 Å². The molecule has 1 rings (SSSR count). The predicted octanol–water partition coefficient (Wildman–Crippen LogP) is 2.81. The molecule has 0 unspecified atom stereocenters. The zero-order chi connectivity index (χ0) is 11.3. The van der Waals surface area contributed by atoms with Crippen LogP contribution in [0.25, 0.3) is 0 Å². The van der Waals surface area contributed by atoms with Crippen LogP contribution in [0.1, 0.15) is 20.3 Å². The average Bonchev–Trinajstić information content (AvgIpc) is 2.20. The molecule has 0 atom stereocenters. The van der Waals surface area contributed by atoms with Gasteiger partial charge in [-0.2, -0.15) is 0 Å². The number of anilines is 1. The van der Waals surface area contributed by atoms with E-state index in [1.165, 1.54) is 6.42 Å². The van der Waals surface area contributed by atoms with Crippen LogP contribution in [0.15, 0.2) is 17.2 Å². The molecule has 0 spiro atoms. The number of aromatic nitrogens is 1. The van der Waals surface area contributed by atoms with Gasteiger partial charge >= 0.3 is 0 Å². The van der Waals surface area contributed by atoms with E-state index >= 15 is 0 Å². The first kappa shape index (κ1) is 12.2. The highest BCUT2D eigenvalue weighted by molar-refractivity contribution is 7.99. The van der Waals surface area contributed by atoms with Crippen LogP contribution in [0.4, 0.5) is 5.69 Å². The number of hydrogen-bond acceptors (Lipinski definition) is 4. The van der Waals surface area contributed by atoms with Gasteiger partial charge in [-0.1, -0.05) is 13.8 Å². The van der Waals surface area contributed by atoms with E-state index in [1.807, 2.05) is 12.1 Å². The van der Waals surface area contributed by atoms with Crippen molar-refractivity contribution in [2.75, 3.05) is 18.6 Å². The van der Waals surface area contributed by atoms with E-state index in [0.29, 0.717) is 11.6 Å². The van der Waals surface area contributed by atoms with Crippen LogP contribution < -0.4 is 10.5 Å². The van der Waals surface area contributed by atoms with Gasteiger partial charge in [0.05, 0.1) is 12.8 Å². The third-order valence-electron chi connectivity index (χ3n) is 2.00. The molecular weight excluding hydrogens is 208 g/mol. The lowest BCUT2D eigenvalue weighted by Crippen LogP contribution is -1.96. The van der Waals surface area contributed by atoms with Crippen molar-refractivity contribution in [2.45, 2.75) is 25.3 Å². The van der Waals surface area contributed by atoms with Crippen LogP contribution in [-0.4, -0.2) is 17.8 Å². The molecule has 0 aliphatic heterocycles. The lowest BCUT2D eigenvalue weighted by atomic mass is 10.2. The number of methoxy groups -OCH3 is 1.